The third-order valence-corrected chi connectivity index (χ3v) is 3.59. The molecular weight excluding hydrogens is 178 g/mol. The molecule has 0 aliphatic carbocycles. The Bertz CT molecular complexity index is 260. The minimum absolute atomic E-state index is 0.696. The zero-order valence-corrected chi connectivity index (χ0v) is 8.68. The number of rotatable bonds is 2. The van der Waals surface area contributed by atoms with Gasteiger partial charge in [0.15, 0.2) is 0 Å². The van der Waals surface area contributed by atoms with Crippen LogP contribution in [0.3, 0.4) is 0 Å². The van der Waals surface area contributed by atoms with E-state index in [0.717, 1.165) is 11.8 Å². The molecule has 1 N–H and O–H groups in total. The second kappa shape index (κ2) is 4.16. The third kappa shape index (κ3) is 2.48. The Hall–Kier alpha value is -0.470. The molecule has 0 bridgehead atoms. The predicted molar refractivity (Wildman–Crippen MR) is 58.2 cm³/mol. The lowest BCUT2D eigenvalue weighted by Gasteiger charge is -2.07. The van der Waals surface area contributed by atoms with Crippen molar-refractivity contribution >= 4 is 11.8 Å². The summed E-state index contributed by atoms with van der Waals surface area (Å²) in [5.74, 6) is 0. The summed E-state index contributed by atoms with van der Waals surface area (Å²) in [7, 11) is 0. The Morgan fingerprint density at radius 2 is 2.08 bits per heavy atom. The van der Waals surface area contributed by atoms with E-state index >= 15 is 0 Å². The van der Waals surface area contributed by atoms with E-state index in [9.17, 15) is 0 Å². The Kier molecular flexibility index (Phi) is 2.91. The van der Waals surface area contributed by atoms with Crippen LogP contribution in [-0.2, 0) is 0 Å². The first-order valence-corrected chi connectivity index (χ1v) is 5.67. The van der Waals surface area contributed by atoms with E-state index in [0.29, 0.717) is 6.04 Å². The fraction of sp³-hybridized carbons (Fsp3) is 0.455. The van der Waals surface area contributed by atoms with Crippen LogP contribution in [0.4, 0.5) is 0 Å². The lowest BCUT2D eigenvalue weighted by Crippen LogP contribution is -2.16. The van der Waals surface area contributed by atoms with Crippen LogP contribution in [-0.4, -0.2) is 17.8 Å². The third-order valence-electron chi connectivity index (χ3n) is 2.36. The van der Waals surface area contributed by atoms with E-state index < -0.39 is 0 Å². The van der Waals surface area contributed by atoms with Gasteiger partial charge < -0.3 is 5.32 Å². The van der Waals surface area contributed by atoms with E-state index in [4.69, 9.17) is 0 Å². The second-order valence-electron chi connectivity index (χ2n) is 3.60. The fourth-order valence-electron chi connectivity index (χ4n) is 1.67. The first kappa shape index (κ1) is 9.10. The molecule has 1 fully saturated rings. The van der Waals surface area contributed by atoms with Crippen molar-refractivity contribution in [3.05, 3.63) is 30.3 Å². The van der Waals surface area contributed by atoms with Gasteiger partial charge in [-0.3, -0.25) is 0 Å². The quantitative estimate of drug-likeness (QED) is 0.774. The van der Waals surface area contributed by atoms with Crippen molar-refractivity contribution in [1.29, 1.82) is 0 Å². The highest BCUT2D eigenvalue weighted by Gasteiger charge is 2.20. The van der Waals surface area contributed by atoms with Crippen molar-refractivity contribution in [2.75, 3.05) is 6.54 Å². The Balaban J connectivity index is 1.92. The zero-order chi connectivity index (χ0) is 9.10. The predicted octanol–water partition coefficient (Wildman–Crippen LogP) is 2.53. The lowest BCUT2D eigenvalue weighted by molar-refractivity contribution is 0.665. The molecule has 2 rings (SSSR count). The summed E-state index contributed by atoms with van der Waals surface area (Å²) < 4.78 is 0. The Morgan fingerprint density at radius 1 is 1.31 bits per heavy atom. The summed E-state index contributed by atoms with van der Waals surface area (Å²) in [6.45, 7) is 3.41. The molecule has 0 radical (unpaired) electrons. The maximum absolute atomic E-state index is 3.47. The highest BCUT2D eigenvalue weighted by molar-refractivity contribution is 8.00. The summed E-state index contributed by atoms with van der Waals surface area (Å²) in [5, 5.41) is 4.23. The minimum atomic E-state index is 0.696. The highest BCUT2D eigenvalue weighted by Crippen LogP contribution is 2.28. The van der Waals surface area contributed by atoms with Crippen LogP contribution in [0, 0.1) is 0 Å². The molecule has 70 valence electrons. The molecule has 0 aromatic heterocycles. The van der Waals surface area contributed by atoms with Crippen LogP contribution in [0.2, 0.25) is 0 Å². The Morgan fingerprint density at radius 3 is 2.69 bits per heavy atom. The molecule has 2 unspecified atom stereocenters. The topological polar surface area (TPSA) is 12.0 Å². The van der Waals surface area contributed by atoms with Crippen molar-refractivity contribution in [1.82, 2.24) is 5.32 Å². The molecule has 0 spiro atoms. The largest absolute Gasteiger partial charge is 0.313 e. The number of thioether (sulfide) groups is 1. The van der Waals surface area contributed by atoms with Gasteiger partial charge in [0, 0.05) is 22.7 Å². The SMILES string of the molecule is CC1CC(Sc2ccccc2)CN1. The number of hydrogen-bond acceptors (Lipinski definition) is 2. The number of hydrogen-bond donors (Lipinski definition) is 1. The van der Waals surface area contributed by atoms with Gasteiger partial charge in [0.2, 0.25) is 0 Å². The second-order valence-corrected chi connectivity index (χ2v) is 4.97. The van der Waals surface area contributed by atoms with Gasteiger partial charge in [0.25, 0.3) is 0 Å². The molecule has 1 aromatic rings. The standard InChI is InChI=1S/C11H15NS/c1-9-7-11(8-12-9)13-10-5-3-2-4-6-10/h2-6,9,11-12H,7-8H2,1H3. The van der Waals surface area contributed by atoms with Crippen molar-refractivity contribution in [3.8, 4) is 0 Å². The smallest absolute Gasteiger partial charge is 0.0234 e. The molecule has 13 heavy (non-hydrogen) atoms. The average Bonchev–Trinajstić information content (AvgIpc) is 2.53. The first-order chi connectivity index (χ1) is 6.34. The van der Waals surface area contributed by atoms with Gasteiger partial charge in [-0.2, -0.15) is 0 Å². The average molecular weight is 193 g/mol. The highest BCUT2D eigenvalue weighted by atomic mass is 32.2. The van der Waals surface area contributed by atoms with Crippen molar-refractivity contribution in [3.63, 3.8) is 0 Å². The molecule has 1 aliphatic heterocycles. The molecule has 0 saturated carbocycles. The van der Waals surface area contributed by atoms with Gasteiger partial charge in [-0.1, -0.05) is 18.2 Å². The maximum atomic E-state index is 3.47. The van der Waals surface area contributed by atoms with Crippen LogP contribution in [0.1, 0.15) is 13.3 Å². The molecular formula is C11H15NS. The van der Waals surface area contributed by atoms with E-state index in [1.165, 1.54) is 11.3 Å². The Labute approximate surface area is 83.9 Å². The van der Waals surface area contributed by atoms with Gasteiger partial charge >= 0.3 is 0 Å². The monoisotopic (exact) mass is 193 g/mol. The fourth-order valence-corrected chi connectivity index (χ4v) is 2.94. The molecule has 1 aliphatic rings. The van der Waals surface area contributed by atoms with E-state index in [-0.39, 0.29) is 0 Å². The minimum Gasteiger partial charge on any atom is -0.313 e. The van der Waals surface area contributed by atoms with E-state index in [2.05, 4.69) is 42.6 Å². The first-order valence-electron chi connectivity index (χ1n) is 4.79. The van der Waals surface area contributed by atoms with E-state index in [1.54, 1.807) is 0 Å². The van der Waals surface area contributed by atoms with Crippen LogP contribution in [0.5, 0.6) is 0 Å². The van der Waals surface area contributed by atoms with Gasteiger partial charge in [-0.25, -0.2) is 0 Å². The van der Waals surface area contributed by atoms with Crippen molar-refractivity contribution in [2.24, 2.45) is 0 Å². The molecule has 1 nitrogen and oxygen atoms in total. The van der Waals surface area contributed by atoms with E-state index in [1.807, 2.05) is 11.8 Å². The molecule has 1 saturated heterocycles. The van der Waals surface area contributed by atoms with Gasteiger partial charge in [0.05, 0.1) is 0 Å². The molecule has 2 heteroatoms. The molecule has 0 amide bonds. The summed E-state index contributed by atoms with van der Waals surface area (Å²) in [6.07, 6.45) is 1.29. The zero-order valence-electron chi connectivity index (χ0n) is 7.86. The van der Waals surface area contributed by atoms with Crippen LogP contribution < -0.4 is 5.32 Å². The summed E-state index contributed by atoms with van der Waals surface area (Å²) in [5.41, 5.74) is 0. The molecule has 2 atom stereocenters. The lowest BCUT2D eigenvalue weighted by atomic mass is 10.2. The summed E-state index contributed by atoms with van der Waals surface area (Å²) >= 11 is 1.99. The van der Waals surface area contributed by atoms with Gasteiger partial charge in [-0.05, 0) is 25.5 Å². The maximum Gasteiger partial charge on any atom is 0.0234 e. The van der Waals surface area contributed by atoms with Gasteiger partial charge in [-0.15, -0.1) is 11.8 Å². The van der Waals surface area contributed by atoms with Crippen LogP contribution >= 0.6 is 11.8 Å². The van der Waals surface area contributed by atoms with Crippen LogP contribution in [0.25, 0.3) is 0 Å². The normalized spacial score (nSPS) is 27.8. The summed E-state index contributed by atoms with van der Waals surface area (Å²) in [4.78, 5) is 1.39. The number of nitrogens with one attached hydrogen (secondary N) is 1. The van der Waals surface area contributed by atoms with Crippen LogP contribution in [0.15, 0.2) is 35.2 Å². The molecule has 1 aromatic carbocycles. The molecule has 1 heterocycles. The van der Waals surface area contributed by atoms with Crippen molar-refractivity contribution < 1.29 is 0 Å². The van der Waals surface area contributed by atoms with Gasteiger partial charge in [0.1, 0.15) is 0 Å². The van der Waals surface area contributed by atoms with Crippen molar-refractivity contribution in [2.45, 2.75) is 29.5 Å². The number of benzene rings is 1. The summed E-state index contributed by atoms with van der Waals surface area (Å²) in [6, 6.07) is 11.4.